The number of anilines is 1. The first-order valence-electron chi connectivity index (χ1n) is 6.34. The van der Waals surface area contributed by atoms with Crippen LogP contribution in [0.5, 0.6) is 0 Å². The predicted octanol–water partition coefficient (Wildman–Crippen LogP) is 4.61. The summed E-state index contributed by atoms with van der Waals surface area (Å²) >= 11 is 3.32. The van der Waals surface area contributed by atoms with Gasteiger partial charge in [-0.3, -0.25) is 5.10 Å². The molecule has 0 amide bonds. The molecule has 0 saturated carbocycles. The first-order valence-corrected chi connectivity index (χ1v) is 7.13. The molecule has 0 spiro atoms. The van der Waals surface area contributed by atoms with E-state index in [1.165, 1.54) is 0 Å². The molecule has 2 heterocycles. The summed E-state index contributed by atoms with van der Waals surface area (Å²) in [6.45, 7) is 2.06. The van der Waals surface area contributed by atoms with Crippen molar-refractivity contribution in [1.29, 1.82) is 0 Å². The molecule has 0 bridgehead atoms. The maximum Gasteiger partial charge on any atom is 0.169 e. The molecule has 0 aliphatic heterocycles. The molecule has 3 aromatic rings. The molecule has 0 saturated heterocycles. The Morgan fingerprint density at radius 1 is 1.25 bits per heavy atom. The topological polar surface area (TPSA) is 53.9 Å². The van der Waals surface area contributed by atoms with Crippen LogP contribution < -0.4 is 5.32 Å². The van der Waals surface area contributed by atoms with Crippen molar-refractivity contribution in [3.05, 3.63) is 59.1 Å². The van der Waals surface area contributed by atoms with Gasteiger partial charge in [0.05, 0.1) is 11.7 Å². The second-order valence-corrected chi connectivity index (χ2v) is 5.34. The highest BCUT2D eigenvalue weighted by Crippen LogP contribution is 2.26. The first kappa shape index (κ1) is 13.0. The zero-order chi connectivity index (χ0) is 13.9. The molecule has 1 atom stereocenters. The average Bonchev–Trinajstić information content (AvgIpc) is 3.10. The Bertz CT molecular complexity index is 691. The van der Waals surface area contributed by atoms with Gasteiger partial charge in [0.1, 0.15) is 5.76 Å². The van der Waals surface area contributed by atoms with Gasteiger partial charge in [0.25, 0.3) is 0 Å². The van der Waals surface area contributed by atoms with Crippen LogP contribution in [0, 0.1) is 0 Å². The molecule has 2 N–H and O–H groups in total. The van der Waals surface area contributed by atoms with Gasteiger partial charge in [0.15, 0.2) is 4.67 Å². The lowest BCUT2D eigenvalue weighted by Gasteiger charge is -2.13. The summed E-state index contributed by atoms with van der Waals surface area (Å²) in [6.07, 6.45) is 1.75. The van der Waals surface area contributed by atoms with Crippen LogP contribution in [0.3, 0.4) is 0 Å². The van der Waals surface area contributed by atoms with Gasteiger partial charge < -0.3 is 9.73 Å². The van der Waals surface area contributed by atoms with Crippen LogP contribution in [0.15, 0.2) is 57.7 Å². The number of hydrogen-bond acceptors (Lipinski definition) is 3. The Kier molecular flexibility index (Phi) is 3.60. The molecule has 2 aromatic heterocycles. The molecule has 0 aliphatic carbocycles. The number of benzene rings is 1. The molecule has 3 rings (SSSR count). The fourth-order valence-electron chi connectivity index (χ4n) is 2.08. The zero-order valence-electron chi connectivity index (χ0n) is 10.9. The van der Waals surface area contributed by atoms with E-state index in [-0.39, 0.29) is 6.04 Å². The van der Waals surface area contributed by atoms with Crippen molar-refractivity contribution in [2.75, 3.05) is 5.32 Å². The number of aromatic nitrogens is 2. The molecular formula is C15H14BrN3O. The van der Waals surface area contributed by atoms with Gasteiger partial charge in [-0.25, -0.2) is 0 Å². The van der Waals surface area contributed by atoms with E-state index in [1.54, 1.807) is 6.20 Å². The normalized spacial score (nSPS) is 12.3. The number of H-pyrrole nitrogens is 1. The highest BCUT2D eigenvalue weighted by molar-refractivity contribution is 9.10. The third-order valence-corrected chi connectivity index (χ3v) is 3.50. The SMILES string of the molecule is CC(Nc1cccc(-c2ccn[nH]2)c1)c1ccc(Br)o1. The average molecular weight is 332 g/mol. The van der Waals surface area contributed by atoms with Gasteiger partial charge in [0.2, 0.25) is 0 Å². The van der Waals surface area contributed by atoms with Crippen molar-refractivity contribution in [2.45, 2.75) is 13.0 Å². The monoisotopic (exact) mass is 331 g/mol. The summed E-state index contributed by atoms with van der Waals surface area (Å²) in [4.78, 5) is 0. The van der Waals surface area contributed by atoms with Crippen LogP contribution in [0.4, 0.5) is 5.69 Å². The Labute approximate surface area is 125 Å². The Morgan fingerprint density at radius 3 is 2.85 bits per heavy atom. The largest absolute Gasteiger partial charge is 0.452 e. The van der Waals surface area contributed by atoms with Crippen LogP contribution in [-0.2, 0) is 0 Å². The van der Waals surface area contributed by atoms with E-state index in [0.29, 0.717) is 0 Å². The Morgan fingerprint density at radius 2 is 2.15 bits per heavy atom. The number of nitrogens with one attached hydrogen (secondary N) is 2. The maximum atomic E-state index is 5.56. The van der Waals surface area contributed by atoms with E-state index < -0.39 is 0 Å². The molecule has 1 aromatic carbocycles. The molecule has 20 heavy (non-hydrogen) atoms. The highest BCUT2D eigenvalue weighted by atomic mass is 79.9. The third kappa shape index (κ3) is 2.77. The van der Waals surface area contributed by atoms with Crippen molar-refractivity contribution < 1.29 is 4.42 Å². The van der Waals surface area contributed by atoms with Gasteiger partial charge in [-0.05, 0) is 53.2 Å². The summed E-state index contributed by atoms with van der Waals surface area (Å²) in [7, 11) is 0. The van der Waals surface area contributed by atoms with E-state index in [0.717, 1.165) is 27.4 Å². The first-order chi connectivity index (χ1) is 9.72. The van der Waals surface area contributed by atoms with E-state index in [9.17, 15) is 0 Å². The van der Waals surface area contributed by atoms with Gasteiger partial charge in [-0.1, -0.05) is 12.1 Å². The molecule has 1 unspecified atom stereocenters. The number of aromatic amines is 1. The smallest absolute Gasteiger partial charge is 0.169 e. The lowest BCUT2D eigenvalue weighted by molar-refractivity contribution is 0.471. The minimum absolute atomic E-state index is 0.0957. The molecule has 4 nitrogen and oxygen atoms in total. The van der Waals surface area contributed by atoms with Gasteiger partial charge in [0, 0.05) is 17.4 Å². The number of nitrogens with zero attached hydrogens (tertiary/aromatic N) is 1. The summed E-state index contributed by atoms with van der Waals surface area (Å²) in [5.74, 6) is 0.892. The summed E-state index contributed by atoms with van der Waals surface area (Å²) < 4.78 is 6.30. The molecule has 0 radical (unpaired) electrons. The quantitative estimate of drug-likeness (QED) is 0.734. The second kappa shape index (κ2) is 5.54. The fourth-order valence-corrected chi connectivity index (χ4v) is 2.39. The van der Waals surface area contributed by atoms with E-state index in [2.05, 4.69) is 44.4 Å². The number of furan rings is 1. The van der Waals surface area contributed by atoms with Crippen LogP contribution in [0.25, 0.3) is 11.3 Å². The summed E-state index contributed by atoms with van der Waals surface area (Å²) in [6, 6.07) is 14.1. The summed E-state index contributed by atoms with van der Waals surface area (Å²) in [5, 5.41) is 10.4. The van der Waals surface area contributed by atoms with Crippen LogP contribution in [-0.4, -0.2) is 10.2 Å². The minimum Gasteiger partial charge on any atom is -0.452 e. The molecule has 0 aliphatic rings. The maximum absolute atomic E-state index is 5.56. The highest BCUT2D eigenvalue weighted by Gasteiger charge is 2.10. The standard InChI is InChI=1S/C15H14BrN3O/c1-10(14-5-6-15(16)20-14)18-12-4-2-3-11(9-12)13-7-8-17-19-13/h2-10,18H,1H3,(H,17,19). The van der Waals surface area contributed by atoms with Gasteiger partial charge in [-0.15, -0.1) is 0 Å². The number of rotatable bonds is 4. The van der Waals surface area contributed by atoms with Crippen molar-refractivity contribution in [1.82, 2.24) is 10.2 Å². The Balaban J connectivity index is 1.79. The molecule has 5 heteroatoms. The van der Waals surface area contributed by atoms with E-state index >= 15 is 0 Å². The predicted molar refractivity (Wildman–Crippen MR) is 82.5 cm³/mol. The number of halogens is 1. The number of hydrogen-bond donors (Lipinski definition) is 2. The molecular weight excluding hydrogens is 318 g/mol. The lowest BCUT2D eigenvalue weighted by atomic mass is 10.1. The minimum atomic E-state index is 0.0957. The zero-order valence-corrected chi connectivity index (χ0v) is 12.5. The van der Waals surface area contributed by atoms with E-state index in [4.69, 9.17) is 4.42 Å². The lowest BCUT2D eigenvalue weighted by Crippen LogP contribution is -2.05. The molecule has 102 valence electrons. The third-order valence-electron chi connectivity index (χ3n) is 3.08. The van der Waals surface area contributed by atoms with Crippen molar-refractivity contribution in [3.63, 3.8) is 0 Å². The van der Waals surface area contributed by atoms with Crippen molar-refractivity contribution >= 4 is 21.6 Å². The van der Waals surface area contributed by atoms with Crippen molar-refractivity contribution in [2.24, 2.45) is 0 Å². The van der Waals surface area contributed by atoms with Crippen molar-refractivity contribution in [3.8, 4) is 11.3 Å². The van der Waals surface area contributed by atoms with Crippen LogP contribution >= 0.6 is 15.9 Å². The van der Waals surface area contributed by atoms with Crippen LogP contribution in [0.2, 0.25) is 0 Å². The Hall–Kier alpha value is -2.01. The fraction of sp³-hybridized carbons (Fsp3) is 0.133. The van der Waals surface area contributed by atoms with E-state index in [1.807, 2.05) is 36.4 Å². The second-order valence-electron chi connectivity index (χ2n) is 4.56. The summed E-state index contributed by atoms with van der Waals surface area (Å²) in [5.41, 5.74) is 3.14. The van der Waals surface area contributed by atoms with Crippen LogP contribution in [0.1, 0.15) is 18.7 Å². The molecule has 0 fully saturated rings. The van der Waals surface area contributed by atoms with Gasteiger partial charge >= 0.3 is 0 Å². The van der Waals surface area contributed by atoms with Gasteiger partial charge in [-0.2, -0.15) is 5.10 Å².